The molecule has 5 rings (SSSR count). The molecule has 1 saturated heterocycles. The third-order valence-electron chi connectivity index (χ3n) is 6.29. The highest BCUT2D eigenvalue weighted by atomic mass is 32.1. The number of pyridine rings is 1. The first-order valence-corrected chi connectivity index (χ1v) is 13.5. The second kappa shape index (κ2) is 13.5. The Hall–Kier alpha value is -3.80. The molecule has 0 radical (unpaired) electrons. The van der Waals surface area contributed by atoms with Crippen LogP contribution in [0.25, 0.3) is 10.1 Å². The molecule has 4 aromatic rings. The molecular formula is C29H29F3N4O3S. The number of anilines is 1. The van der Waals surface area contributed by atoms with E-state index in [2.05, 4.69) is 44.4 Å². The summed E-state index contributed by atoms with van der Waals surface area (Å²) in [6, 6.07) is 22.5. The van der Waals surface area contributed by atoms with Gasteiger partial charge in [-0.1, -0.05) is 36.4 Å². The van der Waals surface area contributed by atoms with Crippen LogP contribution in [-0.4, -0.2) is 64.1 Å². The molecule has 0 atom stereocenters. The first kappa shape index (κ1) is 29.2. The van der Waals surface area contributed by atoms with Crippen LogP contribution in [0.4, 0.5) is 18.9 Å². The number of nitrogens with one attached hydrogen (secondary N) is 1. The van der Waals surface area contributed by atoms with Crippen molar-refractivity contribution in [3.8, 4) is 0 Å². The molecule has 2 aromatic heterocycles. The molecule has 7 nitrogen and oxygen atoms in total. The van der Waals surface area contributed by atoms with Gasteiger partial charge in [0.15, 0.2) is 0 Å². The number of carboxylic acid groups (broad SMARTS) is 1. The Bertz CT molecular complexity index is 1400. The zero-order valence-corrected chi connectivity index (χ0v) is 22.4. The number of carboxylic acids is 1. The van der Waals surface area contributed by atoms with Gasteiger partial charge in [0.1, 0.15) is 0 Å². The van der Waals surface area contributed by atoms with Gasteiger partial charge in [0.2, 0.25) is 0 Å². The first-order valence-electron chi connectivity index (χ1n) is 12.7. The predicted octanol–water partition coefficient (Wildman–Crippen LogP) is 5.89. The Morgan fingerprint density at radius 2 is 1.57 bits per heavy atom. The van der Waals surface area contributed by atoms with E-state index in [1.165, 1.54) is 22.5 Å². The normalized spacial score (nSPS) is 14.7. The molecular weight excluding hydrogens is 541 g/mol. The van der Waals surface area contributed by atoms with E-state index in [9.17, 15) is 18.0 Å². The molecule has 0 bridgehead atoms. The van der Waals surface area contributed by atoms with E-state index in [-0.39, 0.29) is 5.91 Å². The Morgan fingerprint density at radius 3 is 2.23 bits per heavy atom. The molecule has 11 heteroatoms. The Balaban J connectivity index is 0.000000470. The number of amides is 1. The lowest BCUT2D eigenvalue weighted by atomic mass is 10.1. The smallest absolute Gasteiger partial charge is 0.475 e. The Kier molecular flexibility index (Phi) is 9.86. The number of carbonyl (C=O) groups excluding carboxylic acids is 1. The first-order chi connectivity index (χ1) is 19.2. The number of fused-ring (bicyclic) bond motifs is 1. The average Bonchev–Trinajstić information content (AvgIpc) is 3.25. The fourth-order valence-electron chi connectivity index (χ4n) is 4.38. The van der Waals surface area contributed by atoms with Gasteiger partial charge in [-0.15, -0.1) is 11.3 Å². The van der Waals surface area contributed by atoms with Crippen molar-refractivity contribution in [2.24, 2.45) is 0 Å². The number of alkyl halides is 3. The largest absolute Gasteiger partial charge is 0.490 e. The van der Waals surface area contributed by atoms with E-state index in [1.807, 2.05) is 54.9 Å². The van der Waals surface area contributed by atoms with Crippen molar-refractivity contribution in [2.45, 2.75) is 25.7 Å². The van der Waals surface area contributed by atoms with Crippen molar-refractivity contribution in [3.05, 3.63) is 95.1 Å². The van der Waals surface area contributed by atoms with Gasteiger partial charge < -0.3 is 10.4 Å². The molecule has 0 aliphatic carbocycles. The Labute approximate surface area is 233 Å². The van der Waals surface area contributed by atoms with Crippen LogP contribution >= 0.6 is 11.3 Å². The molecule has 40 heavy (non-hydrogen) atoms. The fourth-order valence-corrected chi connectivity index (χ4v) is 5.34. The van der Waals surface area contributed by atoms with E-state index in [0.29, 0.717) is 0 Å². The molecule has 2 aromatic carbocycles. The van der Waals surface area contributed by atoms with Crippen LogP contribution in [0, 0.1) is 0 Å². The van der Waals surface area contributed by atoms with Gasteiger partial charge in [0, 0.05) is 49.0 Å². The SMILES string of the molecule is O=C(Nc1cccc(CN2CCCN(Cc3cccnc3)CC2)c1)c1cc2ccccc2s1.O=C(O)C(F)(F)F. The monoisotopic (exact) mass is 570 g/mol. The lowest BCUT2D eigenvalue weighted by Gasteiger charge is -2.22. The maximum absolute atomic E-state index is 12.8. The van der Waals surface area contributed by atoms with Gasteiger partial charge in [-0.05, 0) is 66.4 Å². The summed E-state index contributed by atoms with van der Waals surface area (Å²) in [5.74, 6) is -2.80. The quantitative estimate of drug-likeness (QED) is 0.301. The predicted molar refractivity (Wildman–Crippen MR) is 149 cm³/mol. The van der Waals surface area contributed by atoms with Crippen LogP contribution in [0.2, 0.25) is 0 Å². The minimum Gasteiger partial charge on any atom is -0.475 e. The van der Waals surface area contributed by atoms with Gasteiger partial charge in [-0.3, -0.25) is 19.6 Å². The molecule has 210 valence electrons. The number of hydrogen-bond donors (Lipinski definition) is 2. The maximum atomic E-state index is 12.8. The average molecular weight is 571 g/mol. The molecule has 3 heterocycles. The maximum Gasteiger partial charge on any atom is 0.490 e. The summed E-state index contributed by atoms with van der Waals surface area (Å²) >= 11 is 1.53. The second-order valence-corrected chi connectivity index (χ2v) is 10.5. The van der Waals surface area contributed by atoms with Gasteiger partial charge in [-0.2, -0.15) is 13.2 Å². The van der Waals surface area contributed by atoms with Crippen molar-refractivity contribution >= 4 is 39.0 Å². The number of rotatable bonds is 6. The van der Waals surface area contributed by atoms with Gasteiger partial charge in [-0.25, -0.2) is 4.79 Å². The van der Waals surface area contributed by atoms with E-state index in [1.54, 1.807) is 0 Å². The number of carbonyl (C=O) groups is 2. The molecule has 2 N–H and O–H groups in total. The number of aliphatic carboxylic acids is 1. The third kappa shape index (κ3) is 8.60. The number of nitrogens with zero attached hydrogens (tertiary/aromatic N) is 3. The topological polar surface area (TPSA) is 85.8 Å². The number of aromatic nitrogens is 1. The molecule has 1 aliphatic rings. The zero-order chi connectivity index (χ0) is 28.5. The van der Waals surface area contributed by atoms with Crippen molar-refractivity contribution in [2.75, 3.05) is 31.5 Å². The standard InChI is InChI=1S/C27H28N4OS.C2HF3O2/c32-27(26-17-23-8-1-2-10-25(23)33-26)29-24-9-3-6-21(16-24)19-30-12-5-13-31(15-14-30)20-22-7-4-11-28-18-22;3-2(4,5)1(6)7/h1-4,6-11,16-18H,5,12-15,19-20H2,(H,29,32);(H,6,7). The zero-order valence-electron chi connectivity index (χ0n) is 21.6. The van der Waals surface area contributed by atoms with Gasteiger partial charge in [0.25, 0.3) is 5.91 Å². The molecule has 1 aliphatic heterocycles. The second-order valence-electron chi connectivity index (χ2n) is 9.37. The van der Waals surface area contributed by atoms with Gasteiger partial charge in [0.05, 0.1) is 4.88 Å². The lowest BCUT2D eigenvalue weighted by Crippen LogP contribution is -2.30. The van der Waals surface area contributed by atoms with Crippen LogP contribution in [0.15, 0.2) is 79.1 Å². The van der Waals surface area contributed by atoms with E-state index in [0.717, 1.165) is 66.3 Å². The summed E-state index contributed by atoms with van der Waals surface area (Å²) < 4.78 is 32.9. The number of benzene rings is 2. The number of halogens is 3. The fraction of sp³-hybridized carbons (Fsp3) is 0.276. The minimum atomic E-state index is -5.08. The van der Waals surface area contributed by atoms with Gasteiger partial charge >= 0.3 is 12.1 Å². The molecule has 0 unspecified atom stereocenters. The highest BCUT2D eigenvalue weighted by Gasteiger charge is 2.38. The van der Waals surface area contributed by atoms with Crippen molar-refractivity contribution in [1.82, 2.24) is 14.8 Å². The van der Waals surface area contributed by atoms with Crippen molar-refractivity contribution in [1.29, 1.82) is 0 Å². The van der Waals surface area contributed by atoms with Crippen molar-refractivity contribution in [3.63, 3.8) is 0 Å². The summed E-state index contributed by atoms with van der Waals surface area (Å²) in [5.41, 5.74) is 3.35. The number of thiophene rings is 1. The molecule has 1 fully saturated rings. The third-order valence-corrected chi connectivity index (χ3v) is 7.41. The molecule has 0 spiro atoms. The minimum absolute atomic E-state index is 0.0471. The van der Waals surface area contributed by atoms with Crippen LogP contribution in [0.3, 0.4) is 0 Å². The highest BCUT2D eigenvalue weighted by molar-refractivity contribution is 7.20. The lowest BCUT2D eigenvalue weighted by molar-refractivity contribution is -0.192. The van der Waals surface area contributed by atoms with Crippen LogP contribution in [-0.2, 0) is 17.9 Å². The van der Waals surface area contributed by atoms with E-state index >= 15 is 0 Å². The van der Waals surface area contributed by atoms with E-state index < -0.39 is 12.1 Å². The van der Waals surface area contributed by atoms with Crippen molar-refractivity contribution < 1.29 is 27.9 Å². The van der Waals surface area contributed by atoms with E-state index in [4.69, 9.17) is 9.90 Å². The summed E-state index contributed by atoms with van der Waals surface area (Å²) in [4.78, 5) is 31.7. The summed E-state index contributed by atoms with van der Waals surface area (Å²) in [6.45, 7) is 6.14. The highest BCUT2D eigenvalue weighted by Crippen LogP contribution is 2.26. The van der Waals surface area contributed by atoms with Crippen LogP contribution in [0.1, 0.15) is 27.2 Å². The summed E-state index contributed by atoms with van der Waals surface area (Å²) in [7, 11) is 0. The Morgan fingerprint density at radius 1 is 0.900 bits per heavy atom. The number of hydrogen-bond acceptors (Lipinski definition) is 6. The van der Waals surface area contributed by atoms with Crippen LogP contribution < -0.4 is 5.32 Å². The van der Waals surface area contributed by atoms with Crippen LogP contribution in [0.5, 0.6) is 0 Å². The molecule has 0 saturated carbocycles. The molecule has 1 amide bonds. The summed E-state index contributed by atoms with van der Waals surface area (Å²) in [5, 5.41) is 11.3. The summed E-state index contributed by atoms with van der Waals surface area (Å²) in [6.07, 6.45) is -0.142.